The van der Waals surface area contributed by atoms with Crippen molar-refractivity contribution in [3.05, 3.63) is 80.5 Å². The number of nitrogens with one attached hydrogen (secondary N) is 1. The summed E-state index contributed by atoms with van der Waals surface area (Å²) in [6, 6.07) is 6.09. The van der Waals surface area contributed by atoms with E-state index in [0.717, 1.165) is 6.07 Å². The number of alkyl halides is 3. The topological polar surface area (TPSA) is 137 Å². The second-order valence-corrected chi connectivity index (χ2v) is 10.9. The molecule has 0 unspecified atom stereocenters. The van der Waals surface area contributed by atoms with Gasteiger partial charge in [0.25, 0.3) is 5.91 Å². The van der Waals surface area contributed by atoms with Crippen LogP contribution in [-0.2, 0) is 16.8 Å². The van der Waals surface area contributed by atoms with Crippen molar-refractivity contribution in [2.45, 2.75) is 25.1 Å². The summed E-state index contributed by atoms with van der Waals surface area (Å²) in [6.45, 7) is -0.0926. The third kappa shape index (κ3) is 6.94. The largest absolute Gasteiger partial charge is 0.494 e. The van der Waals surface area contributed by atoms with Crippen LogP contribution in [0.25, 0.3) is 22.2 Å². The van der Waals surface area contributed by atoms with E-state index < -0.39 is 70.2 Å². The predicted octanol–water partition coefficient (Wildman–Crippen LogP) is 5.61. The molecule has 2 aromatic heterocycles. The summed E-state index contributed by atoms with van der Waals surface area (Å²) >= 11 is 9.08. The van der Waals surface area contributed by atoms with Gasteiger partial charge in [-0.05, 0) is 53.2 Å². The van der Waals surface area contributed by atoms with Crippen molar-refractivity contribution in [1.29, 1.82) is 0 Å². The Hall–Kier alpha value is -4.08. The lowest BCUT2D eigenvalue weighted by Crippen LogP contribution is -2.51. The third-order valence-electron chi connectivity index (χ3n) is 6.56. The minimum Gasteiger partial charge on any atom is -0.494 e. The molecule has 0 bridgehead atoms. The van der Waals surface area contributed by atoms with E-state index in [1.165, 1.54) is 32.4 Å². The molecule has 238 valence electrons. The SMILES string of the molecule is CCOc1c(CC(N)=O)cc([C@@](O)(CNC(=O)c2cc(OC)c3ncc(Br)cc3c2)C(F)(F)F)nc1-c1cc(Cl)c(F)cc1F. The molecule has 0 saturated heterocycles. The number of rotatable bonds is 10. The van der Waals surface area contributed by atoms with Crippen LogP contribution in [0, 0.1) is 11.6 Å². The molecule has 0 aliphatic carbocycles. The number of aliphatic hydroxyl groups is 1. The zero-order valence-electron chi connectivity index (χ0n) is 23.4. The van der Waals surface area contributed by atoms with Crippen molar-refractivity contribution in [2.24, 2.45) is 5.73 Å². The van der Waals surface area contributed by atoms with Crippen molar-refractivity contribution in [3.63, 3.8) is 0 Å². The van der Waals surface area contributed by atoms with Crippen LogP contribution >= 0.6 is 27.5 Å². The van der Waals surface area contributed by atoms with Crippen LogP contribution in [0.15, 0.2) is 47.1 Å². The molecular weight excluding hydrogens is 695 g/mol. The van der Waals surface area contributed by atoms with Gasteiger partial charge in [0.05, 0.1) is 37.4 Å². The Labute approximate surface area is 265 Å². The molecule has 9 nitrogen and oxygen atoms in total. The molecule has 2 aromatic carbocycles. The average molecular weight is 718 g/mol. The summed E-state index contributed by atoms with van der Waals surface area (Å²) in [4.78, 5) is 33.1. The van der Waals surface area contributed by atoms with Crippen molar-refractivity contribution >= 4 is 50.2 Å². The highest BCUT2D eigenvalue weighted by Crippen LogP contribution is 2.43. The Balaban J connectivity index is 1.85. The highest BCUT2D eigenvalue weighted by Gasteiger charge is 2.57. The lowest BCUT2D eigenvalue weighted by Gasteiger charge is -2.31. The van der Waals surface area contributed by atoms with Gasteiger partial charge in [0.1, 0.15) is 34.3 Å². The Bertz CT molecular complexity index is 1810. The molecule has 0 aliphatic heterocycles. The summed E-state index contributed by atoms with van der Waals surface area (Å²) < 4.78 is 84.2. The number of hydrogen-bond donors (Lipinski definition) is 3. The standard InChI is InChI=1S/C29H23BrClF5N4O5/c1-3-45-26-14(8-23(37)41)7-22(40-25(26)17-9-18(31)20(33)10-19(17)32)28(43,29(34,35)36)12-39-27(42)15-4-13-5-16(30)11-38-24(13)21(6-15)44-2/h4-7,9-11,43H,3,8,12H2,1-2H3,(H2,37,41)(H,39,42)/t28-/m0/s1. The fourth-order valence-corrected chi connectivity index (χ4v) is 4.94. The minimum atomic E-state index is -5.49. The van der Waals surface area contributed by atoms with E-state index in [2.05, 4.69) is 31.2 Å². The Kier molecular flexibility index (Phi) is 9.85. The van der Waals surface area contributed by atoms with Gasteiger partial charge in [0.2, 0.25) is 11.5 Å². The first-order valence-electron chi connectivity index (χ1n) is 12.9. The third-order valence-corrected chi connectivity index (χ3v) is 7.29. The van der Waals surface area contributed by atoms with Crippen LogP contribution in [0.3, 0.4) is 0 Å². The number of hydrogen-bond acceptors (Lipinski definition) is 7. The number of pyridine rings is 2. The molecule has 2 heterocycles. The van der Waals surface area contributed by atoms with Crippen LogP contribution in [0.4, 0.5) is 22.0 Å². The molecule has 0 radical (unpaired) electrons. The first kappa shape index (κ1) is 33.8. The van der Waals surface area contributed by atoms with E-state index in [-0.39, 0.29) is 29.2 Å². The van der Waals surface area contributed by atoms with Gasteiger partial charge in [-0.25, -0.2) is 13.8 Å². The molecule has 1 atom stereocenters. The Morgan fingerprint density at radius 1 is 1.11 bits per heavy atom. The number of nitrogens with zero attached hydrogens (tertiary/aromatic N) is 2. The first-order valence-corrected chi connectivity index (χ1v) is 14.1. The van der Waals surface area contributed by atoms with E-state index in [9.17, 15) is 36.6 Å². The fraction of sp³-hybridized carbons (Fsp3) is 0.241. The number of carbonyl (C=O) groups excluding carboxylic acids is 2. The van der Waals surface area contributed by atoms with Crippen molar-refractivity contribution in [1.82, 2.24) is 15.3 Å². The minimum absolute atomic E-state index is 0.114. The molecule has 0 spiro atoms. The van der Waals surface area contributed by atoms with Crippen molar-refractivity contribution in [2.75, 3.05) is 20.3 Å². The smallest absolute Gasteiger partial charge is 0.424 e. The van der Waals surface area contributed by atoms with Crippen LogP contribution in [0.5, 0.6) is 11.5 Å². The quantitative estimate of drug-likeness (QED) is 0.143. The van der Waals surface area contributed by atoms with Gasteiger partial charge in [0.15, 0.2) is 0 Å². The molecule has 4 rings (SSSR count). The number of halogens is 7. The van der Waals surface area contributed by atoms with E-state index in [1.807, 2.05) is 0 Å². The molecule has 0 saturated carbocycles. The zero-order chi connectivity index (χ0) is 33.3. The van der Waals surface area contributed by atoms with E-state index >= 15 is 0 Å². The second-order valence-electron chi connectivity index (χ2n) is 9.61. The molecule has 4 N–H and O–H groups in total. The number of fused-ring (bicyclic) bond motifs is 1. The zero-order valence-corrected chi connectivity index (χ0v) is 25.7. The van der Waals surface area contributed by atoms with Gasteiger partial charge in [-0.2, -0.15) is 13.2 Å². The molecule has 45 heavy (non-hydrogen) atoms. The monoisotopic (exact) mass is 716 g/mol. The Morgan fingerprint density at radius 2 is 1.82 bits per heavy atom. The number of amides is 2. The predicted molar refractivity (Wildman–Crippen MR) is 157 cm³/mol. The van der Waals surface area contributed by atoms with Crippen LogP contribution in [0.2, 0.25) is 5.02 Å². The molecule has 0 fully saturated rings. The number of aromatic nitrogens is 2. The van der Waals surface area contributed by atoms with Gasteiger partial charge < -0.3 is 25.6 Å². The summed E-state index contributed by atoms with van der Waals surface area (Å²) in [7, 11) is 1.32. The number of methoxy groups -OCH3 is 1. The number of nitrogens with two attached hydrogens (primary N) is 1. The number of primary amides is 1. The van der Waals surface area contributed by atoms with Crippen LogP contribution < -0.4 is 20.5 Å². The molecule has 4 aromatic rings. The average Bonchev–Trinajstić information content (AvgIpc) is 2.96. The van der Waals surface area contributed by atoms with E-state index in [4.69, 9.17) is 26.8 Å². The van der Waals surface area contributed by atoms with E-state index in [0.29, 0.717) is 27.5 Å². The van der Waals surface area contributed by atoms with Gasteiger partial charge in [-0.3, -0.25) is 14.6 Å². The fourth-order valence-electron chi connectivity index (χ4n) is 4.43. The lowest BCUT2D eigenvalue weighted by atomic mass is 9.93. The highest BCUT2D eigenvalue weighted by atomic mass is 79.9. The second kappa shape index (κ2) is 13.1. The molecule has 2 amide bonds. The van der Waals surface area contributed by atoms with Crippen molar-refractivity contribution < 1.29 is 46.1 Å². The van der Waals surface area contributed by atoms with E-state index in [1.54, 1.807) is 6.07 Å². The summed E-state index contributed by atoms with van der Waals surface area (Å²) in [5.74, 6) is -4.66. The maximum absolute atomic E-state index is 15.0. The molecule has 16 heteroatoms. The Morgan fingerprint density at radius 3 is 2.44 bits per heavy atom. The van der Waals surface area contributed by atoms with Gasteiger partial charge in [-0.1, -0.05) is 11.6 Å². The van der Waals surface area contributed by atoms with Gasteiger partial charge in [0, 0.05) is 38.8 Å². The first-order chi connectivity index (χ1) is 21.1. The number of carbonyl (C=O) groups is 2. The van der Waals surface area contributed by atoms with Gasteiger partial charge >= 0.3 is 6.18 Å². The van der Waals surface area contributed by atoms with Crippen LogP contribution in [0.1, 0.15) is 28.5 Å². The molecule has 0 aliphatic rings. The maximum atomic E-state index is 15.0. The number of benzene rings is 2. The summed E-state index contributed by atoms with van der Waals surface area (Å²) in [6.07, 6.45) is -4.71. The van der Waals surface area contributed by atoms with Crippen LogP contribution in [-0.4, -0.2) is 53.3 Å². The maximum Gasteiger partial charge on any atom is 0.424 e. The summed E-state index contributed by atoms with van der Waals surface area (Å²) in [5, 5.41) is 13.1. The van der Waals surface area contributed by atoms with Gasteiger partial charge in [-0.15, -0.1) is 0 Å². The molecular formula is C29H23BrClF5N4O5. The van der Waals surface area contributed by atoms with Crippen molar-refractivity contribution in [3.8, 4) is 22.8 Å². The summed E-state index contributed by atoms with van der Waals surface area (Å²) in [5.41, 5.74) is -0.990. The normalized spacial score (nSPS) is 12.9. The lowest BCUT2D eigenvalue weighted by molar-refractivity contribution is -0.265. The highest BCUT2D eigenvalue weighted by molar-refractivity contribution is 9.10. The number of ether oxygens (including phenoxy) is 2.